The van der Waals surface area contributed by atoms with E-state index in [2.05, 4.69) is 76.2 Å². The lowest BCUT2D eigenvalue weighted by molar-refractivity contribution is -0.179. The van der Waals surface area contributed by atoms with Crippen molar-refractivity contribution in [3.05, 3.63) is 0 Å². The van der Waals surface area contributed by atoms with E-state index in [-0.39, 0.29) is 109 Å². The van der Waals surface area contributed by atoms with Crippen LogP contribution in [0.2, 0.25) is 0 Å². The van der Waals surface area contributed by atoms with Crippen molar-refractivity contribution in [2.75, 3.05) is 26.4 Å². The molecule has 12 saturated carbocycles. The molecular formula is C84H136O16. The summed E-state index contributed by atoms with van der Waals surface area (Å²) in [7, 11) is 0. The normalized spacial score (nSPS) is 35.7. The van der Waals surface area contributed by atoms with Gasteiger partial charge in [-0.2, -0.15) is 0 Å². The molecule has 568 valence electrons. The average Bonchev–Trinajstić information content (AvgIpc) is 1.63. The van der Waals surface area contributed by atoms with E-state index in [1.165, 1.54) is 51.4 Å². The predicted octanol–water partition coefficient (Wildman–Crippen LogP) is 17.7. The van der Waals surface area contributed by atoms with Crippen LogP contribution in [0.5, 0.6) is 0 Å². The van der Waals surface area contributed by atoms with E-state index in [9.17, 15) is 38.4 Å². The molecule has 0 amide bonds. The Labute approximate surface area is 602 Å². The molecule has 20 unspecified atom stereocenters. The molecule has 12 rings (SSSR count). The number of esters is 8. The molecule has 0 N–H and O–H groups in total. The maximum atomic E-state index is 12.6. The molecule has 0 saturated heterocycles. The van der Waals surface area contributed by atoms with Crippen LogP contribution in [0.4, 0.5) is 0 Å². The van der Waals surface area contributed by atoms with E-state index in [4.69, 9.17) is 37.9 Å². The van der Waals surface area contributed by atoms with Gasteiger partial charge >= 0.3 is 47.8 Å². The molecule has 12 aliphatic carbocycles. The fourth-order valence-electron chi connectivity index (χ4n) is 22.7. The highest BCUT2D eigenvalue weighted by molar-refractivity contribution is 5.80. The summed E-state index contributed by atoms with van der Waals surface area (Å²) >= 11 is 0. The van der Waals surface area contributed by atoms with Gasteiger partial charge in [-0.15, -0.1) is 0 Å². The average molecular weight is 1400 g/mol. The summed E-state index contributed by atoms with van der Waals surface area (Å²) in [6, 6.07) is 0. The lowest BCUT2D eigenvalue weighted by Crippen LogP contribution is -2.43. The predicted molar refractivity (Wildman–Crippen MR) is 383 cm³/mol. The molecule has 0 heterocycles. The maximum absolute atomic E-state index is 12.6. The summed E-state index contributed by atoms with van der Waals surface area (Å²) in [5.41, 5.74) is -1.38. The van der Waals surface area contributed by atoms with Gasteiger partial charge < -0.3 is 37.9 Å². The summed E-state index contributed by atoms with van der Waals surface area (Å²) in [5.74, 6) is 9.07. The molecule has 12 aliphatic rings. The van der Waals surface area contributed by atoms with Crippen LogP contribution in [0.25, 0.3) is 0 Å². The largest absolute Gasteiger partial charge is 0.465 e. The van der Waals surface area contributed by atoms with Crippen molar-refractivity contribution in [3.8, 4) is 0 Å². The van der Waals surface area contributed by atoms with Crippen LogP contribution in [0.1, 0.15) is 302 Å². The Morgan fingerprint density at radius 3 is 1.14 bits per heavy atom. The molecule has 0 aliphatic heterocycles. The van der Waals surface area contributed by atoms with Gasteiger partial charge in [0.2, 0.25) is 0 Å². The van der Waals surface area contributed by atoms with Crippen LogP contribution in [0.3, 0.4) is 0 Å². The van der Waals surface area contributed by atoms with E-state index in [1.54, 1.807) is 0 Å². The van der Waals surface area contributed by atoms with Gasteiger partial charge in [0.15, 0.2) is 13.2 Å². The minimum atomic E-state index is -0.462. The lowest BCUT2D eigenvalue weighted by atomic mass is 9.74. The Hall–Kier alpha value is -4.24. The molecule has 12 fully saturated rings. The fraction of sp³-hybridized carbons (Fsp3) is 0.905. The molecule has 16 nitrogen and oxygen atoms in total. The number of carbonyl (C=O) groups excluding carboxylic acids is 8. The van der Waals surface area contributed by atoms with Crippen molar-refractivity contribution in [1.82, 2.24) is 0 Å². The highest BCUT2D eigenvalue weighted by Crippen LogP contribution is 2.59. The Balaban J connectivity index is 0.000000156. The summed E-state index contributed by atoms with van der Waals surface area (Å²) < 4.78 is 44.6. The Bertz CT molecular complexity index is 2720. The van der Waals surface area contributed by atoms with E-state index in [0.29, 0.717) is 114 Å². The molecule has 100 heavy (non-hydrogen) atoms. The van der Waals surface area contributed by atoms with Crippen molar-refractivity contribution in [3.63, 3.8) is 0 Å². The monoisotopic (exact) mass is 1400 g/mol. The second-order valence-corrected chi connectivity index (χ2v) is 35.6. The van der Waals surface area contributed by atoms with Crippen LogP contribution >= 0.6 is 0 Å². The minimum Gasteiger partial charge on any atom is -0.465 e. The van der Waals surface area contributed by atoms with Gasteiger partial charge in [-0.25, -0.2) is 9.59 Å². The van der Waals surface area contributed by atoms with Crippen LogP contribution < -0.4 is 0 Å². The van der Waals surface area contributed by atoms with Crippen molar-refractivity contribution >= 4 is 47.8 Å². The fourth-order valence-corrected chi connectivity index (χ4v) is 22.7. The topological polar surface area (TPSA) is 210 Å². The third-order valence-corrected chi connectivity index (χ3v) is 30.1. The number of hydrogen-bond acceptors (Lipinski definition) is 16. The van der Waals surface area contributed by atoms with Crippen molar-refractivity contribution in [2.24, 2.45) is 130 Å². The number of carbonyl (C=O) groups is 8. The lowest BCUT2D eigenvalue weighted by Gasteiger charge is -2.41. The summed E-state index contributed by atoms with van der Waals surface area (Å²) in [6.07, 6.45) is 32.4. The highest BCUT2D eigenvalue weighted by atomic mass is 16.6. The highest BCUT2D eigenvalue weighted by Gasteiger charge is 2.56. The van der Waals surface area contributed by atoms with Crippen LogP contribution in [0, 0.1) is 130 Å². The van der Waals surface area contributed by atoms with Crippen molar-refractivity contribution in [1.29, 1.82) is 0 Å². The van der Waals surface area contributed by atoms with E-state index < -0.39 is 11.6 Å². The summed E-state index contributed by atoms with van der Waals surface area (Å²) in [5, 5.41) is 0. The third-order valence-electron chi connectivity index (χ3n) is 30.1. The van der Waals surface area contributed by atoms with E-state index in [1.807, 2.05) is 20.8 Å². The maximum Gasteiger partial charge on any atom is 0.344 e. The second-order valence-electron chi connectivity index (χ2n) is 35.6. The zero-order valence-electron chi connectivity index (χ0n) is 64.7. The Morgan fingerprint density at radius 2 is 0.740 bits per heavy atom. The zero-order valence-corrected chi connectivity index (χ0v) is 64.7. The number of fused-ring (bicyclic) bond motifs is 8. The van der Waals surface area contributed by atoms with E-state index >= 15 is 0 Å². The molecule has 20 atom stereocenters. The first-order valence-electron chi connectivity index (χ1n) is 41.1. The van der Waals surface area contributed by atoms with Gasteiger partial charge in [0.25, 0.3) is 0 Å². The van der Waals surface area contributed by atoms with Crippen LogP contribution in [0.15, 0.2) is 0 Å². The first kappa shape index (κ1) is 79.9. The first-order valence-corrected chi connectivity index (χ1v) is 41.1. The smallest absolute Gasteiger partial charge is 0.344 e. The standard InChI is InChI=1S/C23H38O4.C21H34O4.2C20H32O4/c1-5-23(6-2,18-10-8-7-9-11-18)27-21(24)14-26-22(25)20-13-17-12-19(20)16(4)15(17)3;1-14-15(2)17-12-16(14)13-18(17)20(23)24-11-7-8-19(22)25-21(3)9-5-4-6-10-21;1-12-13(2)16-9-14(12)10-17(16)19(22)23-11-18(21)24-20(3,4)15-7-5-6-8-15;1-4-20(8-5-6-9-20)24-18(21)7-10-23-19(22)17-12-15-11-16(17)14(3)13(15)2/h15-20H,5-14H2,1-4H3;14-18H,4-13H2,1-3H3;12-17H,5-11H2,1-4H3;13-17H,4-12H2,1-3H3. The zero-order chi connectivity index (χ0) is 72.4. The van der Waals surface area contributed by atoms with Gasteiger partial charge in [-0.05, 0) is 281 Å². The number of ether oxygens (including phenoxy) is 8. The number of hydrogen-bond donors (Lipinski definition) is 0. The molecule has 0 radical (unpaired) electrons. The Kier molecular flexibility index (Phi) is 28.1. The van der Waals surface area contributed by atoms with Crippen LogP contribution in [-0.4, -0.2) is 96.6 Å². The third kappa shape index (κ3) is 19.1. The Morgan fingerprint density at radius 1 is 0.380 bits per heavy atom. The van der Waals surface area contributed by atoms with Gasteiger partial charge in [0.05, 0.1) is 36.7 Å². The summed E-state index contributed by atoms with van der Waals surface area (Å²) in [4.78, 5) is 98.4. The van der Waals surface area contributed by atoms with E-state index in [0.717, 1.165) is 147 Å². The van der Waals surface area contributed by atoms with Crippen molar-refractivity contribution < 1.29 is 76.3 Å². The second kappa shape index (κ2) is 35.2. The first-order chi connectivity index (χ1) is 47.6. The molecular weight excluding hydrogens is 1260 g/mol. The summed E-state index contributed by atoms with van der Waals surface area (Å²) in [6.45, 7) is 30.6. The molecule has 16 heteroatoms. The molecule has 0 spiro atoms. The minimum absolute atomic E-state index is 0.0168. The quantitative estimate of drug-likeness (QED) is 0.0500. The van der Waals surface area contributed by atoms with Crippen molar-refractivity contribution in [2.45, 2.75) is 325 Å². The van der Waals surface area contributed by atoms with Gasteiger partial charge in [-0.3, -0.25) is 28.8 Å². The number of rotatable bonds is 24. The molecule has 0 aromatic rings. The molecule has 8 bridgehead atoms. The SMILES string of the molecule is CC1C2CC(C(=O)OCC(=O)OC(C)(C)C3CCCC3)C(C2)C1C.CC1C2CC(C(=O)OCCCC(=O)OC3(C)CCCCC3)C(C2)C1C.CCC(CC)(OC(=O)COC(=O)C1CC2CC1C(C)C2C)C1CCCCC1.CCC1(OC(=O)CCOC(=O)C2CC3CC2C(C)C3C)CCCC1. The molecule has 0 aromatic carbocycles. The van der Waals surface area contributed by atoms with Gasteiger partial charge in [-0.1, -0.05) is 115 Å². The van der Waals surface area contributed by atoms with Gasteiger partial charge in [0, 0.05) is 6.42 Å². The molecule has 0 aromatic heterocycles. The van der Waals surface area contributed by atoms with Gasteiger partial charge in [0.1, 0.15) is 29.0 Å². The van der Waals surface area contributed by atoms with Crippen LogP contribution in [-0.2, 0) is 76.3 Å².